The zero-order valence-electron chi connectivity index (χ0n) is 16.7. The maximum atomic E-state index is 14.4. The van der Waals surface area contributed by atoms with Gasteiger partial charge in [0.15, 0.2) is 0 Å². The Bertz CT molecular complexity index is 885. The molecule has 4 rings (SSSR count). The van der Waals surface area contributed by atoms with Gasteiger partial charge in [0, 0.05) is 50.7 Å². The Labute approximate surface area is 165 Å². The smallest absolute Gasteiger partial charge is 0.219 e. The van der Waals surface area contributed by atoms with Crippen LogP contribution >= 0.6 is 0 Å². The van der Waals surface area contributed by atoms with Crippen molar-refractivity contribution >= 4 is 5.91 Å². The first kappa shape index (κ1) is 18.9. The molecule has 0 saturated carbocycles. The number of likely N-dealkylation sites (tertiary alicyclic amines) is 2. The molecule has 0 aromatic heterocycles. The van der Waals surface area contributed by atoms with Crippen molar-refractivity contribution in [2.45, 2.75) is 26.4 Å². The Morgan fingerprint density at radius 1 is 1.18 bits per heavy atom. The van der Waals surface area contributed by atoms with Crippen LogP contribution in [0.5, 0.6) is 5.75 Å². The summed E-state index contributed by atoms with van der Waals surface area (Å²) < 4.78 is 19.5. The van der Waals surface area contributed by atoms with Gasteiger partial charge >= 0.3 is 0 Å². The van der Waals surface area contributed by atoms with Crippen molar-refractivity contribution in [1.82, 2.24) is 9.80 Å². The predicted octanol–water partition coefficient (Wildman–Crippen LogP) is 3.79. The third kappa shape index (κ3) is 3.39. The number of benzene rings is 2. The second kappa shape index (κ2) is 7.55. The normalized spacial score (nSPS) is 24.4. The summed E-state index contributed by atoms with van der Waals surface area (Å²) in [5.74, 6) is 1.25. The van der Waals surface area contributed by atoms with Gasteiger partial charge < -0.3 is 9.64 Å². The summed E-state index contributed by atoms with van der Waals surface area (Å²) in [6.45, 7) is 6.91. The molecule has 2 aromatic carbocycles. The lowest BCUT2D eigenvalue weighted by Gasteiger charge is -2.30. The quantitative estimate of drug-likeness (QED) is 0.807. The SMILES string of the molecule is COc1ccc(CN2C[C@@H]3CN(C(C)=O)[C@@H](c4ccccc4C)[C@@H]3C2)c(F)c1. The molecule has 0 spiro atoms. The van der Waals surface area contributed by atoms with E-state index in [1.165, 1.54) is 17.2 Å². The van der Waals surface area contributed by atoms with Crippen LogP contribution in [-0.2, 0) is 11.3 Å². The summed E-state index contributed by atoms with van der Waals surface area (Å²) in [5.41, 5.74) is 3.15. The number of hydrogen-bond acceptors (Lipinski definition) is 3. The third-order valence-electron chi connectivity index (χ3n) is 6.31. The molecule has 2 heterocycles. The fourth-order valence-corrected chi connectivity index (χ4v) is 4.93. The number of carbonyl (C=O) groups is 1. The number of ether oxygens (including phenoxy) is 1. The molecule has 4 nitrogen and oxygen atoms in total. The molecule has 0 unspecified atom stereocenters. The molecule has 5 heteroatoms. The summed E-state index contributed by atoms with van der Waals surface area (Å²) >= 11 is 0. The molecule has 2 saturated heterocycles. The van der Waals surface area contributed by atoms with Crippen LogP contribution in [0.4, 0.5) is 4.39 Å². The molecule has 28 heavy (non-hydrogen) atoms. The highest BCUT2D eigenvalue weighted by Crippen LogP contribution is 2.46. The molecule has 0 bridgehead atoms. The number of amides is 1. The first-order valence-corrected chi connectivity index (χ1v) is 9.85. The van der Waals surface area contributed by atoms with Crippen LogP contribution in [0.25, 0.3) is 0 Å². The zero-order chi connectivity index (χ0) is 19.8. The number of nitrogens with zero attached hydrogens (tertiary/aromatic N) is 2. The first-order chi connectivity index (χ1) is 13.5. The van der Waals surface area contributed by atoms with Crippen LogP contribution < -0.4 is 4.74 Å². The van der Waals surface area contributed by atoms with E-state index in [0.717, 1.165) is 19.6 Å². The summed E-state index contributed by atoms with van der Waals surface area (Å²) in [5, 5.41) is 0. The van der Waals surface area contributed by atoms with Crippen molar-refractivity contribution in [2.75, 3.05) is 26.7 Å². The van der Waals surface area contributed by atoms with E-state index in [2.05, 4.69) is 24.0 Å². The van der Waals surface area contributed by atoms with Gasteiger partial charge in [-0.1, -0.05) is 30.3 Å². The number of halogens is 1. The Morgan fingerprint density at radius 3 is 2.64 bits per heavy atom. The van der Waals surface area contributed by atoms with Crippen LogP contribution in [-0.4, -0.2) is 42.5 Å². The van der Waals surface area contributed by atoms with Crippen molar-refractivity contribution in [1.29, 1.82) is 0 Å². The van der Waals surface area contributed by atoms with Crippen molar-refractivity contribution < 1.29 is 13.9 Å². The molecule has 0 N–H and O–H groups in total. The number of aryl methyl sites for hydroxylation is 1. The summed E-state index contributed by atoms with van der Waals surface area (Å²) in [6, 6.07) is 13.5. The molecule has 2 aromatic rings. The van der Waals surface area contributed by atoms with E-state index in [9.17, 15) is 9.18 Å². The minimum Gasteiger partial charge on any atom is -0.497 e. The molecule has 0 aliphatic carbocycles. The van der Waals surface area contributed by atoms with E-state index in [0.29, 0.717) is 29.7 Å². The first-order valence-electron chi connectivity index (χ1n) is 9.85. The maximum absolute atomic E-state index is 14.4. The fraction of sp³-hybridized carbons (Fsp3) is 0.435. The van der Waals surface area contributed by atoms with E-state index in [1.807, 2.05) is 29.2 Å². The van der Waals surface area contributed by atoms with E-state index in [4.69, 9.17) is 4.74 Å². The summed E-state index contributed by atoms with van der Waals surface area (Å²) in [4.78, 5) is 16.7. The lowest BCUT2D eigenvalue weighted by atomic mass is 9.87. The maximum Gasteiger partial charge on any atom is 0.219 e. The second-order valence-corrected chi connectivity index (χ2v) is 8.05. The van der Waals surface area contributed by atoms with Crippen LogP contribution in [0.1, 0.15) is 29.7 Å². The Hall–Kier alpha value is -2.40. The molecule has 2 aliphatic heterocycles. The molecule has 1 amide bonds. The number of rotatable bonds is 4. The van der Waals surface area contributed by atoms with Gasteiger partial charge in [-0.2, -0.15) is 0 Å². The monoisotopic (exact) mass is 382 g/mol. The van der Waals surface area contributed by atoms with Crippen molar-refractivity contribution in [3.8, 4) is 5.75 Å². The molecule has 0 radical (unpaired) electrons. The van der Waals surface area contributed by atoms with Crippen molar-refractivity contribution in [2.24, 2.45) is 11.8 Å². The summed E-state index contributed by atoms with van der Waals surface area (Å²) in [6.07, 6.45) is 0. The average Bonchev–Trinajstić information content (AvgIpc) is 3.21. The number of fused-ring (bicyclic) bond motifs is 1. The average molecular weight is 382 g/mol. The zero-order valence-corrected chi connectivity index (χ0v) is 16.7. The van der Waals surface area contributed by atoms with E-state index >= 15 is 0 Å². The summed E-state index contributed by atoms with van der Waals surface area (Å²) in [7, 11) is 1.54. The second-order valence-electron chi connectivity index (χ2n) is 8.05. The number of hydrogen-bond donors (Lipinski definition) is 0. The van der Waals surface area contributed by atoms with Gasteiger partial charge in [0.2, 0.25) is 5.91 Å². The number of carbonyl (C=O) groups excluding carboxylic acids is 1. The van der Waals surface area contributed by atoms with E-state index in [1.54, 1.807) is 14.0 Å². The lowest BCUT2D eigenvalue weighted by molar-refractivity contribution is -0.130. The third-order valence-corrected chi connectivity index (χ3v) is 6.31. The topological polar surface area (TPSA) is 32.8 Å². The Balaban J connectivity index is 1.55. The highest BCUT2D eigenvalue weighted by molar-refractivity contribution is 5.74. The highest BCUT2D eigenvalue weighted by atomic mass is 19.1. The molecule has 148 valence electrons. The Kier molecular flexibility index (Phi) is 5.11. The van der Waals surface area contributed by atoms with Crippen LogP contribution in [0, 0.1) is 24.6 Å². The van der Waals surface area contributed by atoms with Gasteiger partial charge in [-0.15, -0.1) is 0 Å². The fourth-order valence-electron chi connectivity index (χ4n) is 4.93. The van der Waals surface area contributed by atoms with Crippen LogP contribution in [0.3, 0.4) is 0 Å². The van der Waals surface area contributed by atoms with Gasteiger partial charge in [-0.3, -0.25) is 9.69 Å². The number of methoxy groups -OCH3 is 1. The van der Waals surface area contributed by atoms with Gasteiger partial charge in [0.25, 0.3) is 0 Å². The highest BCUT2D eigenvalue weighted by Gasteiger charge is 2.48. The minimum absolute atomic E-state index is 0.106. The molecule has 2 fully saturated rings. The molecule has 3 atom stereocenters. The van der Waals surface area contributed by atoms with Crippen molar-refractivity contribution in [3.05, 3.63) is 65.0 Å². The minimum atomic E-state index is -0.225. The largest absolute Gasteiger partial charge is 0.497 e. The van der Waals surface area contributed by atoms with Crippen LogP contribution in [0.15, 0.2) is 42.5 Å². The standard InChI is InChI=1S/C23H27FN2O2/c1-15-6-4-5-7-20(15)23-21-14-25(12-18(21)13-26(23)16(2)27)11-17-8-9-19(28-3)10-22(17)24/h4-10,18,21,23H,11-14H2,1-3H3/t18-,21-,23+/m1/s1. The predicted molar refractivity (Wildman–Crippen MR) is 107 cm³/mol. The lowest BCUT2D eigenvalue weighted by Crippen LogP contribution is -2.34. The molecule has 2 aliphatic rings. The van der Waals surface area contributed by atoms with Gasteiger partial charge in [0.1, 0.15) is 11.6 Å². The van der Waals surface area contributed by atoms with E-state index < -0.39 is 0 Å². The van der Waals surface area contributed by atoms with E-state index in [-0.39, 0.29) is 17.8 Å². The molecular formula is C23H27FN2O2. The van der Waals surface area contributed by atoms with Crippen LogP contribution in [0.2, 0.25) is 0 Å². The van der Waals surface area contributed by atoms with Crippen molar-refractivity contribution in [3.63, 3.8) is 0 Å². The van der Waals surface area contributed by atoms with Gasteiger partial charge in [-0.25, -0.2) is 4.39 Å². The van der Waals surface area contributed by atoms with Gasteiger partial charge in [0.05, 0.1) is 13.2 Å². The Morgan fingerprint density at radius 2 is 1.96 bits per heavy atom. The molecular weight excluding hydrogens is 355 g/mol. The van der Waals surface area contributed by atoms with Gasteiger partial charge in [-0.05, 0) is 30.0 Å².